The normalized spacial score (nSPS) is 16.7. The SMILES string of the molecule is CCCCCCCCCC/C=C\CCC1OCCO1. The summed E-state index contributed by atoms with van der Waals surface area (Å²) in [4.78, 5) is 0. The van der Waals surface area contributed by atoms with Crippen LogP contribution in [0.15, 0.2) is 12.2 Å². The highest BCUT2D eigenvalue weighted by Gasteiger charge is 2.13. The van der Waals surface area contributed by atoms with E-state index in [1.807, 2.05) is 0 Å². The van der Waals surface area contributed by atoms with E-state index in [0.29, 0.717) is 0 Å². The van der Waals surface area contributed by atoms with E-state index in [9.17, 15) is 0 Å². The van der Waals surface area contributed by atoms with Crippen LogP contribution in [0, 0.1) is 0 Å². The summed E-state index contributed by atoms with van der Waals surface area (Å²) in [5.41, 5.74) is 0. The number of allylic oxidation sites excluding steroid dienone is 2. The number of unbranched alkanes of at least 4 members (excludes halogenated alkanes) is 8. The third-order valence-electron chi connectivity index (χ3n) is 3.65. The third kappa shape index (κ3) is 10.1. The molecule has 0 amide bonds. The van der Waals surface area contributed by atoms with E-state index >= 15 is 0 Å². The Balaban J connectivity index is 1.74. The molecule has 0 radical (unpaired) electrons. The first-order chi connectivity index (χ1) is 9.43. The maximum Gasteiger partial charge on any atom is 0.158 e. The summed E-state index contributed by atoms with van der Waals surface area (Å²) in [5, 5.41) is 0. The zero-order valence-electron chi connectivity index (χ0n) is 12.7. The van der Waals surface area contributed by atoms with Crippen molar-refractivity contribution in [2.75, 3.05) is 13.2 Å². The zero-order valence-corrected chi connectivity index (χ0v) is 12.7. The highest BCUT2D eigenvalue weighted by atomic mass is 16.7. The summed E-state index contributed by atoms with van der Waals surface area (Å²) in [6, 6.07) is 0. The third-order valence-corrected chi connectivity index (χ3v) is 3.65. The summed E-state index contributed by atoms with van der Waals surface area (Å²) in [7, 11) is 0. The van der Waals surface area contributed by atoms with Crippen molar-refractivity contribution in [3.8, 4) is 0 Å². The first kappa shape index (κ1) is 16.7. The molecule has 0 atom stereocenters. The first-order valence-corrected chi connectivity index (χ1v) is 8.31. The smallest absolute Gasteiger partial charge is 0.158 e. The van der Waals surface area contributed by atoms with Crippen LogP contribution in [-0.2, 0) is 9.47 Å². The topological polar surface area (TPSA) is 18.5 Å². The van der Waals surface area contributed by atoms with Crippen LogP contribution in [0.2, 0.25) is 0 Å². The summed E-state index contributed by atoms with van der Waals surface area (Å²) in [5.74, 6) is 0. The minimum atomic E-state index is 0.0628. The first-order valence-electron chi connectivity index (χ1n) is 8.31. The minimum absolute atomic E-state index is 0.0628. The summed E-state index contributed by atoms with van der Waals surface area (Å²) < 4.78 is 10.8. The molecule has 2 nitrogen and oxygen atoms in total. The average molecular weight is 268 g/mol. The summed E-state index contributed by atoms with van der Waals surface area (Å²) in [6.07, 6.45) is 19.2. The maximum absolute atomic E-state index is 5.40. The van der Waals surface area contributed by atoms with Crippen molar-refractivity contribution >= 4 is 0 Å². The monoisotopic (exact) mass is 268 g/mol. The van der Waals surface area contributed by atoms with Crippen LogP contribution in [0.25, 0.3) is 0 Å². The van der Waals surface area contributed by atoms with E-state index in [4.69, 9.17) is 9.47 Å². The van der Waals surface area contributed by atoms with Crippen molar-refractivity contribution in [1.29, 1.82) is 0 Å². The molecule has 0 spiro atoms. The molecular weight excluding hydrogens is 236 g/mol. The molecule has 1 rings (SSSR count). The van der Waals surface area contributed by atoms with E-state index in [-0.39, 0.29) is 6.29 Å². The molecule has 0 N–H and O–H groups in total. The molecule has 0 aliphatic carbocycles. The molecule has 1 heterocycles. The molecule has 0 saturated carbocycles. The lowest BCUT2D eigenvalue weighted by Crippen LogP contribution is -2.05. The van der Waals surface area contributed by atoms with Crippen LogP contribution in [0.4, 0.5) is 0 Å². The molecule has 112 valence electrons. The van der Waals surface area contributed by atoms with Gasteiger partial charge in [-0.2, -0.15) is 0 Å². The Morgan fingerprint density at radius 1 is 0.789 bits per heavy atom. The Labute approximate surface area is 119 Å². The average Bonchev–Trinajstić information content (AvgIpc) is 2.93. The number of ether oxygens (including phenoxy) is 2. The molecule has 0 unspecified atom stereocenters. The largest absolute Gasteiger partial charge is 0.350 e. The standard InChI is InChI=1S/C17H32O2/c1-2-3-4-5-6-7-8-9-10-11-12-13-14-17-18-15-16-19-17/h11-12,17H,2-10,13-16H2,1H3/b12-11-. The molecule has 0 bridgehead atoms. The van der Waals surface area contributed by atoms with Crippen molar-refractivity contribution in [3.05, 3.63) is 12.2 Å². The van der Waals surface area contributed by atoms with Gasteiger partial charge in [0.2, 0.25) is 0 Å². The molecule has 1 aliphatic rings. The Hall–Kier alpha value is -0.340. The predicted octanol–water partition coefficient (Wildman–Crippen LogP) is 5.23. The molecule has 0 aromatic carbocycles. The second kappa shape index (κ2) is 12.7. The molecule has 0 aromatic heterocycles. The molecule has 0 aromatic rings. The van der Waals surface area contributed by atoms with Crippen LogP contribution in [-0.4, -0.2) is 19.5 Å². The van der Waals surface area contributed by atoms with E-state index in [0.717, 1.165) is 26.1 Å². The second-order valence-electron chi connectivity index (χ2n) is 5.48. The fourth-order valence-corrected chi connectivity index (χ4v) is 2.44. The van der Waals surface area contributed by atoms with Crippen LogP contribution >= 0.6 is 0 Å². The van der Waals surface area contributed by atoms with Gasteiger partial charge in [0, 0.05) is 6.42 Å². The molecule has 1 aliphatic heterocycles. The molecular formula is C17H32O2. The fraction of sp³-hybridized carbons (Fsp3) is 0.882. The van der Waals surface area contributed by atoms with Gasteiger partial charge in [0.1, 0.15) is 0 Å². The predicted molar refractivity (Wildman–Crippen MR) is 81.3 cm³/mol. The number of rotatable bonds is 12. The quantitative estimate of drug-likeness (QED) is 0.356. The minimum Gasteiger partial charge on any atom is -0.350 e. The van der Waals surface area contributed by atoms with Crippen LogP contribution < -0.4 is 0 Å². The van der Waals surface area contributed by atoms with Crippen LogP contribution in [0.5, 0.6) is 0 Å². The van der Waals surface area contributed by atoms with Crippen molar-refractivity contribution in [2.24, 2.45) is 0 Å². The van der Waals surface area contributed by atoms with Gasteiger partial charge >= 0.3 is 0 Å². The molecule has 2 heteroatoms. The van der Waals surface area contributed by atoms with Crippen molar-refractivity contribution in [1.82, 2.24) is 0 Å². The Morgan fingerprint density at radius 2 is 1.37 bits per heavy atom. The fourth-order valence-electron chi connectivity index (χ4n) is 2.44. The van der Waals surface area contributed by atoms with Gasteiger partial charge in [0.25, 0.3) is 0 Å². The lowest BCUT2D eigenvalue weighted by molar-refractivity contribution is -0.0457. The van der Waals surface area contributed by atoms with E-state index in [1.165, 1.54) is 57.8 Å². The van der Waals surface area contributed by atoms with Gasteiger partial charge in [-0.25, -0.2) is 0 Å². The lowest BCUT2D eigenvalue weighted by Gasteiger charge is -2.05. The Bertz CT molecular complexity index is 207. The van der Waals surface area contributed by atoms with Gasteiger partial charge in [-0.3, -0.25) is 0 Å². The highest BCUT2D eigenvalue weighted by molar-refractivity contribution is 4.81. The zero-order chi connectivity index (χ0) is 13.6. The maximum atomic E-state index is 5.40. The van der Waals surface area contributed by atoms with Crippen molar-refractivity contribution < 1.29 is 9.47 Å². The highest BCUT2D eigenvalue weighted by Crippen LogP contribution is 2.12. The van der Waals surface area contributed by atoms with Gasteiger partial charge in [-0.15, -0.1) is 0 Å². The summed E-state index contributed by atoms with van der Waals surface area (Å²) in [6.45, 7) is 3.82. The molecule has 19 heavy (non-hydrogen) atoms. The Morgan fingerprint density at radius 3 is 2.05 bits per heavy atom. The molecule has 1 fully saturated rings. The number of hydrogen-bond donors (Lipinski definition) is 0. The van der Waals surface area contributed by atoms with Gasteiger partial charge in [-0.1, -0.05) is 64.0 Å². The van der Waals surface area contributed by atoms with Gasteiger partial charge < -0.3 is 9.47 Å². The van der Waals surface area contributed by atoms with Gasteiger partial charge in [0.15, 0.2) is 6.29 Å². The summed E-state index contributed by atoms with van der Waals surface area (Å²) >= 11 is 0. The van der Waals surface area contributed by atoms with Crippen LogP contribution in [0.3, 0.4) is 0 Å². The van der Waals surface area contributed by atoms with E-state index < -0.39 is 0 Å². The molecule has 1 saturated heterocycles. The van der Waals surface area contributed by atoms with E-state index in [1.54, 1.807) is 0 Å². The Kier molecular flexibility index (Phi) is 11.2. The van der Waals surface area contributed by atoms with Crippen LogP contribution in [0.1, 0.15) is 77.6 Å². The van der Waals surface area contributed by atoms with E-state index in [2.05, 4.69) is 19.1 Å². The number of hydrogen-bond acceptors (Lipinski definition) is 2. The lowest BCUT2D eigenvalue weighted by atomic mass is 10.1. The van der Waals surface area contributed by atoms with Crippen molar-refractivity contribution in [3.63, 3.8) is 0 Å². The van der Waals surface area contributed by atoms with Crippen molar-refractivity contribution in [2.45, 2.75) is 83.8 Å². The second-order valence-corrected chi connectivity index (χ2v) is 5.48. The van der Waals surface area contributed by atoms with Gasteiger partial charge in [0.05, 0.1) is 13.2 Å². The van der Waals surface area contributed by atoms with Gasteiger partial charge in [-0.05, 0) is 19.3 Å².